The minimum Gasteiger partial charge on any atom is -0.461 e. The summed E-state index contributed by atoms with van der Waals surface area (Å²) in [4.78, 5) is 22.8. The molecule has 2 aromatic rings. The lowest BCUT2D eigenvalue weighted by Gasteiger charge is -2.01. The fraction of sp³-hybridized carbons (Fsp3) is 0.267. The van der Waals surface area contributed by atoms with Gasteiger partial charge in [-0.25, -0.2) is 4.79 Å². The second-order valence-electron chi connectivity index (χ2n) is 4.31. The Labute approximate surface area is 117 Å². The molecule has 2 rings (SSSR count). The molecule has 1 N–H and O–H groups in total. The van der Waals surface area contributed by atoms with Gasteiger partial charge in [-0.05, 0) is 43.0 Å². The fourth-order valence-electron chi connectivity index (χ4n) is 2.13. The number of aromatic nitrogens is 1. The zero-order valence-corrected chi connectivity index (χ0v) is 11.6. The van der Waals surface area contributed by atoms with Crippen LogP contribution in [-0.2, 0) is 11.3 Å². The van der Waals surface area contributed by atoms with Gasteiger partial charge in [0.15, 0.2) is 0 Å². The highest BCUT2D eigenvalue weighted by Crippen LogP contribution is 2.23. The van der Waals surface area contributed by atoms with E-state index in [2.05, 4.69) is 21.7 Å². The molecule has 0 amide bonds. The van der Waals surface area contributed by atoms with Crippen molar-refractivity contribution in [3.8, 4) is 0 Å². The van der Waals surface area contributed by atoms with E-state index in [1.807, 2.05) is 12.1 Å². The van der Waals surface area contributed by atoms with E-state index in [0.717, 1.165) is 22.0 Å². The summed E-state index contributed by atoms with van der Waals surface area (Å²) in [7, 11) is 1.72. The number of nitrogens with one attached hydrogen (secondary N) is 1. The highest BCUT2D eigenvalue weighted by molar-refractivity contribution is 5.98. The Morgan fingerprint density at radius 3 is 2.90 bits per heavy atom. The standard InChI is InChI=1S/C15H17N3O2/c1-4-20-15(19)14-7-12-11(9-17-3)5-10(8-16-2)6-13(12)18-14/h5-8,18H,3-4,9H2,1-2H3. The van der Waals surface area contributed by atoms with Crippen molar-refractivity contribution in [1.82, 2.24) is 4.98 Å². The first kappa shape index (κ1) is 14.0. The van der Waals surface area contributed by atoms with Gasteiger partial charge in [-0.2, -0.15) is 0 Å². The van der Waals surface area contributed by atoms with E-state index >= 15 is 0 Å². The number of ether oxygens (including phenoxy) is 1. The second kappa shape index (κ2) is 6.14. The van der Waals surface area contributed by atoms with E-state index < -0.39 is 0 Å². The molecule has 104 valence electrons. The molecule has 0 saturated carbocycles. The smallest absolute Gasteiger partial charge is 0.354 e. The number of hydrogen-bond acceptors (Lipinski definition) is 4. The maximum Gasteiger partial charge on any atom is 0.354 e. The minimum atomic E-state index is -0.355. The number of nitrogens with zero attached hydrogens (tertiary/aromatic N) is 2. The van der Waals surface area contributed by atoms with Gasteiger partial charge in [0.05, 0.1) is 13.2 Å². The number of hydrogen-bond donors (Lipinski definition) is 1. The van der Waals surface area contributed by atoms with Crippen LogP contribution >= 0.6 is 0 Å². The molecule has 0 saturated heterocycles. The molecule has 0 atom stereocenters. The van der Waals surface area contributed by atoms with Gasteiger partial charge in [0.2, 0.25) is 0 Å². The number of esters is 1. The number of benzene rings is 1. The lowest BCUT2D eigenvalue weighted by molar-refractivity contribution is 0.0520. The Hall–Kier alpha value is -2.43. The van der Waals surface area contributed by atoms with Crippen molar-refractivity contribution in [3.63, 3.8) is 0 Å². The summed E-state index contributed by atoms with van der Waals surface area (Å²) >= 11 is 0. The van der Waals surface area contributed by atoms with Gasteiger partial charge in [0.1, 0.15) is 5.69 Å². The second-order valence-corrected chi connectivity index (χ2v) is 4.31. The maximum absolute atomic E-state index is 11.8. The van der Waals surface area contributed by atoms with Gasteiger partial charge in [0, 0.05) is 24.2 Å². The zero-order valence-electron chi connectivity index (χ0n) is 11.6. The molecule has 0 unspecified atom stereocenters. The van der Waals surface area contributed by atoms with E-state index in [9.17, 15) is 4.79 Å². The van der Waals surface area contributed by atoms with Crippen LogP contribution in [0.4, 0.5) is 0 Å². The van der Waals surface area contributed by atoms with Crippen LogP contribution in [0.15, 0.2) is 28.2 Å². The highest BCUT2D eigenvalue weighted by atomic mass is 16.5. The Balaban J connectivity index is 2.55. The summed E-state index contributed by atoms with van der Waals surface area (Å²) < 4.78 is 5.00. The van der Waals surface area contributed by atoms with Gasteiger partial charge >= 0.3 is 5.97 Å². The molecule has 0 radical (unpaired) electrons. The van der Waals surface area contributed by atoms with Crippen LogP contribution in [0.2, 0.25) is 0 Å². The number of aromatic amines is 1. The van der Waals surface area contributed by atoms with Gasteiger partial charge in [0.25, 0.3) is 0 Å². The van der Waals surface area contributed by atoms with E-state index in [4.69, 9.17) is 4.74 Å². The third-order valence-electron chi connectivity index (χ3n) is 2.90. The first-order valence-electron chi connectivity index (χ1n) is 6.37. The van der Waals surface area contributed by atoms with E-state index in [1.54, 1.807) is 26.3 Å². The molecule has 20 heavy (non-hydrogen) atoms. The van der Waals surface area contributed by atoms with E-state index in [1.165, 1.54) is 0 Å². The Kier molecular flexibility index (Phi) is 4.30. The SMILES string of the molecule is C=NCc1cc(C=NC)cc2[nH]c(C(=O)OCC)cc12. The van der Waals surface area contributed by atoms with Gasteiger partial charge < -0.3 is 9.72 Å². The maximum atomic E-state index is 11.8. The van der Waals surface area contributed by atoms with Crippen LogP contribution in [0.3, 0.4) is 0 Å². The molecule has 1 heterocycles. The summed E-state index contributed by atoms with van der Waals surface area (Å²) in [5.41, 5.74) is 3.26. The van der Waals surface area contributed by atoms with Crippen molar-refractivity contribution in [1.29, 1.82) is 0 Å². The van der Waals surface area contributed by atoms with Crippen LogP contribution in [0, 0.1) is 0 Å². The number of aliphatic imine (C=N–C) groups is 2. The lowest BCUT2D eigenvalue weighted by Crippen LogP contribution is -2.04. The van der Waals surface area contributed by atoms with E-state index in [0.29, 0.717) is 18.8 Å². The molecular weight excluding hydrogens is 254 g/mol. The molecule has 0 fully saturated rings. The average molecular weight is 271 g/mol. The van der Waals surface area contributed by atoms with Crippen molar-refractivity contribution in [2.75, 3.05) is 13.7 Å². The van der Waals surface area contributed by atoms with Crippen molar-refractivity contribution in [2.45, 2.75) is 13.5 Å². The highest BCUT2D eigenvalue weighted by Gasteiger charge is 2.13. The summed E-state index contributed by atoms with van der Waals surface area (Å²) in [6, 6.07) is 5.73. The summed E-state index contributed by atoms with van der Waals surface area (Å²) in [6.07, 6.45) is 1.76. The third-order valence-corrected chi connectivity index (χ3v) is 2.90. The van der Waals surface area contributed by atoms with E-state index in [-0.39, 0.29) is 5.97 Å². The molecule has 5 nitrogen and oxygen atoms in total. The zero-order chi connectivity index (χ0) is 14.5. The molecule has 1 aromatic carbocycles. The monoisotopic (exact) mass is 271 g/mol. The molecule has 0 aliphatic rings. The first-order valence-corrected chi connectivity index (χ1v) is 6.37. The molecule has 0 aliphatic carbocycles. The Morgan fingerprint density at radius 1 is 1.45 bits per heavy atom. The van der Waals surface area contributed by atoms with Crippen LogP contribution in [0.1, 0.15) is 28.5 Å². The quantitative estimate of drug-likeness (QED) is 0.671. The van der Waals surface area contributed by atoms with Gasteiger partial charge in [-0.15, -0.1) is 0 Å². The molecular formula is C15H17N3O2. The summed E-state index contributed by atoms with van der Waals surface area (Å²) in [5, 5.41) is 0.953. The van der Waals surface area contributed by atoms with Gasteiger partial charge in [-0.3, -0.25) is 9.98 Å². The number of rotatable bonds is 5. The topological polar surface area (TPSA) is 66.8 Å². The Morgan fingerprint density at radius 2 is 2.25 bits per heavy atom. The molecule has 0 spiro atoms. The van der Waals surface area contributed by atoms with Crippen LogP contribution in [0.25, 0.3) is 10.9 Å². The predicted octanol–water partition coefficient (Wildman–Crippen LogP) is 2.59. The number of fused-ring (bicyclic) bond motifs is 1. The molecule has 5 heteroatoms. The summed E-state index contributed by atoms with van der Waals surface area (Å²) in [5.74, 6) is -0.355. The Bertz CT molecular complexity index is 671. The van der Waals surface area contributed by atoms with Gasteiger partial charge in [-0.1, -0.05) is 0 Å². The van der Waals surface area contributed by atoms with Crippen molar-refractivity contribution < 1.29 is 9.53 Å². The van der Waals surface area contributed by atoms with Crippen molar-refractivity contribution >= 4 is 29.8 Å². The number of carbonyl (C=O) groups is 1. The normalized spacial score (nSPS) is 11.1. The lowest BCUT2D eigenvalue weighted by atomic mass is 10.1. The molecule has 1 aromatic heterocycles. The molecule has 0 aliphatic heterocycles. The largest absolute Gasteiger partial charge is 0.461 e. The number of H-pyrrole nitrogens is 1. The first-order chi connectivity index (χ1) is 9.69. The van der Waals surface area contributed by atoms with Crippen LogP contribution in [0.5, 0.6) is 0 Å². The molecule has 0 bridgehead atoms. The minimum absolute atomic E-state index is 0.350. The van der Waals surface area contributed by atoms with Crippen LogP contribution in [-0.4, -0.2) is 37.5 Å². The average Bonchev–Trinajstić information content (AvgIpc) is 2.84. The van der Waals surface area contributed by atoms with Crippen LogP contribution < -0.4 is 0 Å². The summed E-state index contributed by atoms with van der Waals surface area (Å²) in [6.45, 7) is 6.14. The third kappa shape index (κ3) is 2.77. The predicted molar refractivity (Wildman–Crippen MR) is 81.0 cm³/mol. The van der Waals surface area contributed by atoms with Crippen molar-refractivity contribution in [2.24, 2.45) is 9.98 Å². The van der Waals surface area contributed by atoms with Crippen molar-refractivity contribution in [3.05, 3.63) is 35.0 Å². The number of carbonyl (C=O) groups excluding carboxylic acids is 1. The fourth-order valence-corrected chi connectivity index (χ4v) is 2.13.